The van der Waals surface area contributed by atoms with Gasteiger partial charge in [-0.15, -0.1) is 0 Å². The van der Waals surface area contributed by atoms with Gasteiger partial charge >= 0.3 is 6.18 Å². The van der Waals surface area contributed by atoms with Gasteiger partial charge in [-0.1, -0.05) is 43.7 Å². The lowest BCUT2D eigenvalue weighted by Crippen LogP contribution is -2.54. The summed E-state index contributed by atoms with van der Waals surface area (Å²) in [6, 6.07) is 6.50. The average Bonchev–Trinajstić information content (AvgIpc) is 2.62. The summed E-state index contributed by atoms with van der Waals surface area (Å²) in [4.78, 5) is 29.2. The Kier molecular flexibility index (Phi) is 9.10. The molecule has 1 aromatic rings. The van der Waals surface area contributed by atoms with Gasteiger partial charge in [0.25, 0.3) is 5.91 Å². The van der Waals surface area contributed by atoms with Crippen molar-refractivity contribution in [3.05, 3.63) is 35.9 Å². The fourth-order valence-electron chi connectivity index (χ4n) is 2.79. The SMILES string of the molecule is CCC[C@@H](NC(=O)C(O)C(CC(F)(F)F)N(C=O)OC(C)(C)C)c1ccccc1. The highest BCUT2D eigenvalue weighted by atomic mass is 19.4. The standard InChI is InChI=1S/C20H29F3N2O4/c1-5-9-15(14-10-7-6-8-11-14)24-18(28)17(27)16(12-20(21,22)23)25(13-26)29-19(2,3)4/h6-8,10-11,13,15-17,27H,5,9,12H2,1-4H3,(H,24,28)/t15-,16?,17?/m1/s1. The molecule has 0 aliphatic carbocycles. The molecule has 0 spiro atoms. The number of hydroxylamine groups is 2. The minimum Gasteiger partial charge on any atom is -0.381 e. The van der Waals surface area contributed by atoms with Gasteiger partial charge in [-0.05, 0) is 32.8 Å². The summed E-state index contributed by atoms with van der Waals surface area (Å²) in [7, 11) is 0. The van der Waals surface area contributed by atoms with Gasteiger partial charge in [0.2, 0.25) is 6.41 Å². The Hall–Kier alpha value is -2.13. The molecule has 6 nitrogen and oxygen atoms in total. The van der Waals surface area contributed by atoms with Crippen LogP contribution >= 0.6 is 0 Å². The Morgan fingerprint density at radius 3 is 2.28 bits per heavy atom. The number of amides is 2. The van der Waals surface area contributed by atoms with Crippen LogP contribution in [0.2, 0.25) is 0 Å². The molecule has 0 saturated carbocycles. The zero-order valence-corrected chi connectivity index (χ0v) is 17.1. The van der Waals surface area contributed by atoms with Crippen LogP contribution in [0.5, 0.6) is 0 Å². The molecule has 0 bridgehead atoms. The van der Waals surface area contributed by atoms with Crippen LogP contribution in [-0.2, 0) is 14.4 Å². The van der Waals surface area contributed by atoms with Crippen molar-refractivity contribution in [1.29, 1.82) is 0 Å². The van der Waals surface area contributed by atoms with Crippen molar-refractivity contribution in [1.82, 2.24) is 10.4 Å². The molecule has 164 valence electrons. The Balaban J connectivity index is 3.07. The van der Waals surface area contributed by atoms with Crippen LogP contribution in [0.4, 0.5) is 13.2 Å². The maximum atomic E-state index is 13.1. The Morgan fingerprint density at radius 1 is 1.24 bits per heavy atom. The summed E-state index contributed by atoms with van der Waals surface area (Å²) in [6.45, 7) is 6.50. The third-order valence-electron chi connectivity index (χ3n) is 3.98. The molecule has 2 unspecified atom stereocenters. The zero-order valence-electron chi connectivity index (χ0n) is 17.1. The van der Waals surface area contributed by atoms with Crippen molar-refractivity contribution in [2.45, 2.75) is 76.9 Å². The number of aliphatic hydroxyl groups excluding tert-OH is 1. The van der Waals surface area contributed by atoms with E-state index in [1.807, 2.05) is 6.92 Å². The lowest BCUT2D eigenvalue weighted by molar-refractivity contribution is -0.257. The molecule has 0 aromatic heterocycles. The molecule has 29 heavy (non-hydrogen) atoms. The summed E-state index contributed by atoms with van der Waals surface area (Å²) in [5.74, 6) is -1.01. The second-order valence-corrected chi connectivity index (χ2v) is 7.76. The minimum absolute atomic E-state index is 0.0406. The van der Waals surface area contributed by atoms with Crippen LogP contribution in [0.15, 0.2) is 30.3 Å². The lowest BCUT2D eigenvalue weighted by atomic mass is 10.0. The van der Waals surface area contributed by atoms with Crippen molar-refractivity contribution < 1.29 is 32.7 Å². The number of alkyl halides is 3. The van der Waals surface area contributed by atoms with Gasteiger partial charge in [0.1, 0.15) is 6.04 Å². The number of carbonyl (C=O) groups excluding carboxylic acids is 2. The normalized spacial score (nSPS) is 15.3. The third-order valence-corrected chi connectivity index (χ3v) is 3.98. The smallest absolute Gasteiger partial charge is 0.381 e. The van der Waals surface area contributed by atoms with Gasteiger partial charge in [0, 0.05) is 0 Å². The second kappa shape index (κ2) is 10.6. The highest BCUT2D eigenvalue weighted by Crippen LogP contribution is 2.28. The second-order valence-electron chi connectivity index (χ2n) is 7.76. The van der Waals surface area contributed by atoms with Crippen LogP contribution in [0.25, 0.3) is 0 Å². The number of rotatable bonds is 10. The first-order chi connectivity index (χ1) is 13.4. The van der Waals surface area contributed by atoms with Crippen molar-refractivity contribution in [2.24, 2.45) is 0 Å². The fraction of sp³-hybridized carbons (Fsp3) is 0.600. The molecule has 2 amide bonds. The van der Waals surface area contributed by atoms with Crippen LogP contribution < -0.4 is 5.32 Å². The number of nitrogens with one attached hydrogen (secondary N) is 1. The predicted octanol–water partition coefficient (Wildman–Crippen LogP) is 3.51. The third kappa shape index (κ3) is 8.82. The number of carbonyl (C=O) groups is 2. The van der Waals surface area contributed by atoms with Crippen molar-refractivity contribution in [3.8, 4) is 0 Å². The molecule has 2 N–H and O–H groups in total. The summed E-state index contributed by atoms with van der Waals surface area (Å²) in [5, 5.41) is 13.4. The molecule has 0 aliphatic heterocycles. The van der Waals surface area contributed by atoms with E-state index in [1.54, 1.807) is 30.3 Å². The summed E-state index contributed by atoms with van der Waals surface area (Å²) >= 11 is 0. The van der Waals surface area contributed by atoms with E-state index < -0.39 is 42.3 Å². The number of halogens is 3. The highest BCUT2D eigenvalue weighted by Gasteiger charge is 2.42. The van der Waals surface area contributed by atoms with Gasteiger partial charge in [0.15, 0.2) is 6.10 Å². The number of hydrogen-bond acceptors (Lipinski definition) is 4. The van der Waals surface area contributed by atoms with Gasteiger partial charge in [0.05, 0.1) is 18.1 Å². The summed E-state index contributed by atoms with van der Waals surface area (Å²) < 4.78 is 39.2. The number of hydrogen-bond donors (Lipinski definition) is 2. The highest BCUT2D eigenvalue weighted by molar-refractivity contribution is 5.82. The Morgan fingerprint density at radius 2 is 1.83 bits per heavy atom. The first-order valence-corrected chi connectivity index (χ1v) is 9.41. The molecule has 0 saturated heterocycles. The maximum absolute atomic E-state index is 13.1. The van der Waals surface area contributed by atoms with E-state index in [0.29, 0.717) is 17.9 Å². The quantitative estimate of drug-likeness (QED) is 0.450. The lowest BCUT2D eigenvalue weighted by Gasteiger charge is -2.35. The van der Waals surface area contributed by atoms with Gasteiger partial charge in [-0.3, -0.25) is 14.4 Å². The minimum atomic E-state index is -4.73. The van der Waals surface area contributed by atoms with Crippen molar-refractivity contribution in [3.63, 3.8) is 0 Å². The predicted molar refractivity (Wildman–Crippen MR) is 101 cm³/mol. The molecule has 3 atom stereocenters. The molecule has 0 heterocycles. The van der Waals surface area contributed by atoms with E-state index in [4.69, 9.17) is 4.84 Å². The van der Waals surface area contributed by atoms with E-state index in [0.717, 1.165) is 5.56 Å². The van der Waals surface area contributed by atoms with Crippen molar-refractivity contribution in [2.75, 3.05) is 0 Å². The summed E-state index contributed by atoms with van der Waals surface area (Å²) in [5.41, 5.74) is -0.240. The number of nitrogens with zero attached hydrogens (tertiary/aromatic N) is 1. The largest absolute Gasteiger partial charge is 0.391 e. The molecule has 9 heteroatoms. The molecule has 1 aromatic carbocycles. The van der Waals surface area contributed by atoms with E-state index in [9.17, 15) is 27.9 Å². The Labute approximate surface area is 169 Å². The fourth-order valence-corrected chi connectivity index (χ4v) is 2.79. The maximum Gasteiger partial charge on any atom is 0.391 e. The van der Waals surface area contributed by atoms with Crippen LogP contribution in [0.3, 0.4) is 0 Å². The van der Waals surface area contributed by atoms with E-state index >= 15 is 0 Å². The molecule has 0 aliphatic rings. The van der Waals surface area contributed by atoms with Gasteiger partial charge in [-0.2, -0.15) is 13.2 Å². The zero-order chi connectivity index (χ0) is 22.2. The van der Waals surface area contributed by atoms with E-state index in [1.165, 1.54) is 20.8 Å². The van der Waals surface area contributed by atoms with E-state index in [2.05, 4.69) is 5.32 Å². The van der Waals surface area contributed by atoms with Gasteiger partial charge in [-0.25, -0.2) is 5.06 Å². The average molecular weight is 418 g/mol. The topological polar surface area (TPSA) is 78.9 Å². The van der Waals surface area contributed by atoms with Crippen LogP contribution in [0.1, 0.15) is 58.6 Å². The molecule has 1 rings (SSSR count). The van der Waals surface area contributed by atoms with Crippen LogP contribution in [-0.4, -0.2) is 46.4 Å². The monoisotopic (exact) mass is 418 g/mol. The summed E-state index contributed by atoms with van der Waals surface area (Å²) in [6.07, 6.45) is -7.18. The Bertz CT molecular complexity index is 647. The molecular formula is C20H29F3N2O4. The molecule has 0 radical (unpaired) electrons. The first-order valence-electron chi connectivity index (χ1n) is 9.41. The number of aliphatic hydroxyl groups is 1. The van der Waals surface area contributed by atoms with Crippen LogP contribution in [0, 0.1) is 0 Å². The van der Waals surface area contributed by atoms with Gasteiger partial charge < -0.3 is 10.4 Å². The first kappa shape index (κ1) is 24.9. The van der Waals surface area contributed by atoms with Crippen molar-refractivity contribution >= 4 is 12.3 Å². The molecule has 0 fully saturated rings. The van der Waals surface area contributed by atoms with E-state index in [-0.39, 0.29) is 6.41 Å². The number of benzene rings is 1. The molecular weight excluding hydrogens is 389 g/mol.